The Balaban J connectivity index is 1.73. The molecule has 0 saturated heterocycles. The van der Waals surface area contributed by atoms with Crippen LogP contribution in [0.4, 0.5) is 26.3 Å². The summed E-state index contributed by atoms with van der Waals surface area (Å²) in [5.41, 5.74) is 6.43. The summed E-state index contributed by atoms with van der Waals surface area (Å²) in [4.78, 5) is 0. The molecular formula is C38H40F6O3. The highest BCUT2D eigenvalue weighted by atomic mass is 19.4. The van der Waals surface area contributed by atoms with Crippen molar-refractivity contribution in [3.8, 4) is 11.5 Å². The van der Waals surface area contributed by atoms with E-state index in [1.165, 1.54) is 0 Å². The second-order valence-corrected chi connectivity index (χ2v) is 11.6. The molecule has 0 bridgehead atoms. The fourth-order valence-corrected chi connectivity index (χ4v) is 5.43. The van der Waals surface area contributed by atoms with E-state index < -0.39 is 24.6 Å². The van der Waals surface area contributed by atoms with E-state index in [1.54, 1.807) is 36.4 Å². The predicted molar refractivity (Wildman–Crippen MR) is 171 cm³/mol. The van der Waals surface area contributed by atoms with Gasteiger partial charge in [0, 0.05) is 39.9 Å². The number of hydrogen-bond donors (Lipinski definition) is 0. The average molecular weight is 659 g/mol. The molecule has 2 unspecified atom stereocenters. The zero-order chi connectivity index (χ0) is 34.2. The van der Waals surface area contributed by atoms with Gasteiger partial charge in [-0.25, -0.2) is 0 Å². The normalized spacial score (nSPS) is 13.4. The molecule has 0 N–H and O–H groups in total. The number of rotatable bonds is 14. The Kier molecular flexibility index (Phi) is 12.1. The van der Waals surface area contributed by atoms with Crippen molar-refractivity contribution in [3.05, 3.63) is 129 Å². The number of benzene rings is 4. The minimum atomic E-state index is -4.53. The van der Waals surface area contributed by atoms with E-state index in [0.29, 0.717) is 46.6 Å². The number of halogens is 6. The maximum atomic E-state index is 13.5. The SMILES string of the molecule is CCc1ccc(Cc2cc(CC(OC)C(F)(F)F)ccc2Oc2ccc(CC(OC)C(F)(F)F)cc2Cc2ccc(CC)cc2)cc1. The molecule has 4 aromatic rings. The molecule has 0 aliphatic carbocycles. The van der Waals surface area contributed by atoms with Crippen LogP contribution in [-0.2, 0) is 48.0 Å². The maximum Gasteiger partial charge on any atom is 0.414 e. The molecule has 0 amide bonds. The minimum absolute atomic E-state index is 0.365. The highest BCUT2D eigenvalue weighted by Gasteiger charge is 2.40. The molecule has 0 heterocycles. The Morgan fingerprint density at radius 2 is 0.809 bits per heavy atom. The molecule has 0 aliphatic heterocycles. The van der Waals surface area contributed by atoms with Crippen LogP contribution in [0, 0.1) is 0 Å². The van der Waals surface area contributed by atoms with Crippen molar-refractivity contribution < 1.29 is 40.6 Å². The largest absolute Gasteiger partial charge is 0.457 e. The zero-order valence-corrected chi connectivity index (χ0v) is 27.0. The van der Waals surface area contributed by atoms with Crippen LogP contribution in [0.1, 0.15) is 58.4 Å². The first-order chi connectivity index (χ1) is 22.3. The van der Waals surface area contributed by atoms with Crippen molar-refractivity contribution in [1.29, 1.82) is 0 Å². The van der Waals surface area contributed by atoms with Gasteiger partial charge < -0.3 is 14.2 Å². The fraction of sp³-hybridized carbons (Fsp3) is 0.368. The molecule has 47 heavy (non-hydrogen) atoms. The predicted octanol–water partition coefficient (Wildman–Crippen LogP) is 10.0. The molecule has 0 saturated carbocycles. The zero-order valence-electron chi connectivity index (χ0n) is 27.0. The summed E-state index contributed by atoms with van der Waals surface area (Å²) >= 11 is 0. The molecule has 0 fully saturated rings. The van der Waals surface area contributed by atoms with Crippen LogP contribution in [0.25, 0.3) is 0 Å². The summed E-state index contributed by atoms with van der Waals surface area (Å²) in [6.45, 7) is 4.10. The summed E-state index contributed by atoms with van der Waals surface area (Å²) in [5, 5.41) is 0. The van der Waals surface area contributed by atoms with Crippen LogP contribution in [-0.4, -0.2) is 38.8 Å². The molecule has 0 aliphatic rings. The summed E-state index contributed by atoms with van der Waals surface area (Å²) < 4.78 is 97.2. The van der Waals surface area contributed by atoms with E-state index in [-0.39, 0.29) is 12.8 Å². The Bertz CT molecular complexity index is 1460. The van der Waals surface area contributed by atoms with E-state index in [1.807, 2.05) is 48.5 Å². The van der Waals surface area contributed by atoms with Gasteiger partial charge in [-0.3, -0.25) is 0 Å². The van der Waals surface area contributed by atoms with E-state index in [9.17, 15) is 26.3 Å². The number of ether oxygens (including phenoxy) is 3. The van der Waals surface area contributed by atoms with Crippen LogP contribution in [0.15, 0.2) is 84.9 Å². The van der Waals surface area contributed by atoms with Gasteiger partial charge in [-0.15, -0.1) is 0 Å². The molecule has 0 aromatic heterocycles. The monoisotopic (exact) mass is 658 g/mol. The summed E-state index contributed by atoms with van der Waals surface area (Å²) in [6, 6.07) is 25.8. The van der Waals surface area contributed by atoms with Gasteiger partial charge in [0.1, 0.15) is 11.5 Å². The van der Waals surface area contributed by atoms with Crippen LogP contribution < -0.4 is 4.74 Å². The van der Waals surface area contributed by atoms with Gasteiger partial charge in [0.05, 0.1) is 0 Å². The summed E-state index contributed by atoms with van der Waals surface area (Å²) in [5.74, 6) is 0.879. The van der Waals surface area contributed by atoms with Crippen LogP contribution in [0.2, 0.25) is 0 Å². The minimum Gasteiger partial charge on any atom is -0.457 e. The van der Waals surface area contributed by atoms with Crippen molar-refractivity contribution in [2.75, 3.05) is 14.2 Å². The smallest absolute Gasteiger partial charge is 0.414 e. The molecule has 0 radical (unpaired) electrons. The Hall–Kier alpha value is -3.82. The van der Waals surface area contributed by atoms with Gasteiger partial charge in [-0.2, -0.15) is 26.3 Å². The summed E-state index contributed by atoms with van der Waals surface area (Å²) in [6.07, 6.45) is -11.2. The first-order valence-electron chi connectivity index (χ1n) is 15.6. The molecule has 252 valence electrons. The summed E-state index contributed by atoms with van der Waals surface area (Å²) in [7, 11) is 2.08. The highest BCUT2D eigenvalue weighted by Crippen LogP contribution is 2.35. The number of methoxy groups -OCH3 is 2. The van der Waals surface area contributed by atoms with Gasteiger partial charge >= 0.3 is 12.4 Å². The molecule has 9 heteroatoms. The quantitative estimate of drug-likeness (QED) is 0.126. The van der Waals surface area contributed by atoms with E-state index in [0.717, 1.165) is 49.3 Å². The molecule has 4 rings (SSSR count). The highest BCUT2D eigenvalue weighted by molar-refractivity contribution is 5.48. The van der Waals surface area contributed by atoms with Gasteiger partial charge in [0.25, 0.3) is 0 Å². The van der Waals surface area contributed by atoms with E-state index in [4.69, 9.17) is 14.2 Å². The number of aryl methyl sites for hydroxylation is 2. The van der Waals surface area contributed by atoms with Crippen molar-refractivity contribution >= 4 is 0 Å². The lowest BCUT2D eigenvalue weighted by Gasteiger charge is -2.21. The van der Waals surface area contributed by atoms with Crippen molar-refractivity contribution in [1.82, 2.24) is 0 Å². The van der Waals surface area contributed by atoms with Gasteiger partial charge in [0.2, 0.25) is 0 Å². The second-order valence-electron chi connectivity index (χ2n) is 11.6. The third-order valence-electron chi connectivity index (χ3n) is 8.26. The molecule has 4 aromatic carbocycles. The molecule has 3 nitrogen and oxygen atoms in total. The lowest BCUT2D eigenvalue weighted by atomic mass is 9.97. The van der Waals surface area contributed by atoms with Crippen LogP contribution in [0.5, 0.6) is 11.5 Å². The van der Waals surface area contributed by atoms with E-state index >= 15 is 0 Å². The van der Waals surface area contributed by atoms with Crippen molar-refractivity contribution in [2.24, 2.45) is 0 Å². The van der Waals surface area contributed by atoms with E-state index in [2.05, 4.69) is 13.8 Å². The van der Waals surface area contributed by atoms with Crippen LogP contribution >= 0.6 is 0 Å². The van der Waals surface area contributed by atoms with Crippen LogP contribution in [0.3, 0.4) is 0 Å². The lowest BCUT2D eigenvalue weighted by Crippen LogP contribution is -2.32. The first kappa shape index (κ1) is 36.0. The maximum absolute atomic E-state index is 13.5. The Labute approximate surface area is 272 Å². The van der Waals surface area contributed by atoms with Crippen molar-refractivity contribution in [2.45, 2.75) is 76.9 Å². The fourth-order valence-electron chi connectivity index (χ4n) is 5.43. The third kappa shape index (κ3) is 10.1. The third-order valence-corrected chi connectivity index (χ3v) is 8.26. The Morgan fingerprint density at radius 1 is 0.489 bits per heavy atom. The first-order valence-corrected chi connectivity index (χ1v) is 15.6. The average Bonchev–Trinajstić information content (AvgIpc) is 3.04. The molecule has 0 spiro atoms. The standard InChI is InChI=1S/C38H40F6O3/c1-5-25-7-11-27(12-8-25)19-31-21-29(23-35(45-3)37(39,40)41)15-17-33(31)47-34-18-16-30(24-36(46-4)38(42,43)44)22-32(34)20-28-13-9-26(6-2)10-14-28/h7-18,21-22,35-36H,5-6,19-20,23-24H2,1-4H3. The van der Waals surface area contributed by atoms with Crippen molar-refractivity contribution in [3.63, 3.8) is 0 Å². The van der Waals surface area contributed by atoms with Gasteiger partial charge in [0.15, 0.2) is 12.2 Å². The lowest BCUT2D eigenvalue weighted by molar-refractivity contribution is -0.212. The molecular weight excluding hydrogens is 618 g/mol. The second kappa shape index (κ2) is 15.8. The number of hydrogen-bond acceptors (Lipinski definition) is 3. The Morgan fingerprint density at radius 3 is 1.11 bits per heavy atom. The number of alkyl halides is 6. The van der Waals surface area contributed by atoms with Gasteiger partial charge in [-0.05, 0) is 69.5 Å². The topological polar surface area (TPSA) is 27.7 Å². The molecule has 2 atom stereocenters. The van der Waals surface area contributed by atoms with Gasteiger partial charge in [-0.1, -0.05) is 86.6 Å².